The number of rotatable bonds is 6. The number of carbonyl (C=O) groups is 2. The third-order valence-electron chi connectivity index (χ3n) is 2.76. The minimum atomic E-state index is -0.803. The molecule has 1 heterocycles. The quantitative estimate of drug-likeness (QED) is 0.251. The Balaban J connectivity index is 1.89. The monoisotopic (exact) mass is 369 g/mol. The average Bonchev–Trinajstić information content (AvgIpc) is 3.02. The van der Waals surface area contributed by atoms with Gasteiger partial charge >= 0.3 is 11.9 Å². The lowest BCUT2D eigenvalue weighted by atomic mass is 10.1. The van der Waals surface area contributed by atoms with Crippen molar-refractivity contribution in [2.24, 2.45) is 0 Å². The molecule has 0 saturated heterocycles. The van der Waals surface area contributed by atoms with Crippen molar-refractivity contribution in [3.63, 3.8) is 0 Å². The maximum Gasteiger partial charge on any atom is 0.433 e. The first-order valence-electron chi connectivity index (χ1n) is 6.44. The molecular weight excluding hydrogens is 361 g/mol. The summed E-state index contributed by atoms with van der Waals surface area (Å²) in [4.78, 5) is 33.1. The van der Waals surface area contributed by atoms with E-state index in [-0.39, 0.29) is 16.3 Å². The largest absolute Gasteiger partial charge is 0.454 e. The van der Waals surface area contributed by atoms with E-state index in [9.17, 15) is 19.7 Å². The fraction of sp³-hybridized carbons (Fsp3) is 0.0667. The number of nitrogens with zero attached hydrogens (tertiary/aromatic N) is 1. The second kappa shape index (κ2) is 7.76. The van der Waals surface area contributed by atoms with Crippen LogP contribution in [0.5, 0.6) is 0 Å². The molecule has 0 radical (unpaired) electrons. The van der Waals surface area contributed by atoms with Crippen molar-refractivity contribution < 1.29 is 23.7 Å². The summed E-state index contributed by atoms with van der Waals surface area (Å²) < 4.78 is 9.60. The van der Waals surface area contributed by atoms with Crippen molar-refractivity contribution in [1.29, 1.82) is 0 Å². The van der Waals surface area contributed by atoms with E-state index >= 15 is 0 Å². The Labute approximate surface area is 145 Å². The zero-order valence-electron chi connectivity index (χ0n) is 11.9. The fourth-order valence-corrected chi connectivity index (χ4v) is 1.92. The number of hydrogen-bond acceptors (Lipinski definition) is 6. The maximum atomic E-state index is 11.9. The molecular formula is C15H9Cl2NO6. The smallest absolute Gasteiger partial charge is 0.433 e. The van der Waals surface area contributed by atoms with Crippen molar-refractivity contribution in [3.8, 4) is 0 Å². The van der Waals surface area contributed by atoms with Crippen molar-refractivity contribution in [2.45, 2.75) is 0 Å². The van der Waals surface area contributed by atoms with Crippen LogP contribution in [0, 0.1) is 10.1 Å². The van der Waals surface area contributed by atoms with Crippen molar-refractivity contribution >= 4 is 46.9 Å². The highest BCUT2D eigenvalue weighted by molar-refractivity contribution is 6.42. The Bertz CT molecular complexity index is 827. The summed E-state index contributed by atoms with van der Waals surface area (Å²) in [6.45, 7) is -0.487. The molecule has 0 saturated carbocycles. The van der Waals surface area contributed by atoms with E-state index in [1.807, 2.05) is 0 Å². The SMILES string of the molecule is O=C(/C=C/c1ccc([N+](=O)[O-])o1)OCC(=O)c1ccc(Cl)c(Cl)c1. The maximum absolute atomic E-state index is 11.9. The van der Waals surface area contributed by atoms with Gasteiger partial charge in [-0.15, -0.1) is 0 Å². The first-order chi connectivity index (χ1) is 11.4. The number of ether oxygens (including phenoxy) is 1. The average molecular weight is 370 g/mol. The molecule has 0 atom stereocenters. The summed E-state index contributed by atoms with van der Waals surface area (Å²) in [5.74, 6) is -1.60. The van der Waals surface area contributed by atoms with Crippen LogP contribution in [0.15, 0.2) is 40.8 Å². The standard InChI is InChI=1S/C15H9Cl2NO6/c16-11-4-1-9(7-12(11)17)13(19)8-23-15(20)6-3-10-2-5-14(24-10)18(21)22/h1-7H,8H2/b6-3+. The first kappa shape index (κ1) is 17.7. The molecule has 1 aromatic carbocycles. The van der Waals surface area contributed by atoms with E-state index in [2.05, 4.69) is 0 Å². The van der Waals surface area contributed by atoms with Crippen LogP contribution in [0.1, 0.15) is 16.1 Å². The number of carbonyl (C=O) groups excluding carboxylic acids is 2. The van der Waals surface area contributed by atoms with Gasteiger partial charge in [0, 0.05) is 11.6 Å². The molecule has 0 N–H and O–H groups in total. The highest BCUT2D eigenvalue weighted by atomic mass is 35.5. The summed E-state index contributed by atoms with van der Waals surface area (Å²) in [5.41, 5.74) is 0.253. The molecule has 0 spiro atoms. The molecule has 124 valence electrons. The third kappa shape index (κ3) is 4.68. The molecule has 0 aliphatic rings. The van der Waals surface area contributed by atoms with Gasteiger partial charge in [-0.2, -0.15) is 0 Å². The van der Waals surface area contributed by atoms with Crippen LogP contribution in [0.2, 0.25) is 10.0 Å². The van der Waals surface area contributed by atoms with Crippen molar-refractivity contribution in [3.05, 3.63) is 67.9 Å². The van der Waals surface area contributed by atoms with Gasteiger partial charge in [0.05, 0.1) is 16.1 Å². The van der Waals surface area contributed by atoms with Crippen LogP contribution < -0.4 is 0 Å². The van der Waals surface area contributed by atoms with E-state index < -0.39 is 29.2 Å². The van der Waals surface area contributed by atoms with E-state index in [1.54, 1.807) is 0 Å². The minimum absolute atomic E-state index is 0.106. The van der Waals surface area contributed by atoms with Crippen molar-refractivity contribution in [1.82, 2.24) is 0 Å². The van der Waals surface area contributed by atoms with Crippen LogP contribution in [0.4, 0.5) is 5.88 Å². The lowest BCUT2D eigenvalue weighted by molar-refractivity contribution is -0.402. The van der Waals surface area contributed by atoms with Crippen molar-refractivity contribution in [2.75, 3.05) is 6.61 Å². The number of nitro groups is 1. The van der Waals surface area contributed by atoms with Gasteiger partial charge in [0.1, 0.15) is 10.7 Å². The van der Waals surface area contributed by atoms with E-state index in [0.29, 0.717) is 5.02 Å². The molecule has 24 heavy (non-hydrogen) atoms. The summed E-state index contributed by atoms with van der Waals surface area (Å²) in [5, 5.41) is 11.0. The number of ketones is 1. The predicted octanol–water partition coefficient (Wildman–Crippen LogP) is 3.93. The first-order valence-corrected chi connectivity index (χ1v) is 7.19. The Hall–Kier alpha value is -2.64. The Morgan fingerprint density at radius 2 is 1.96 bits per heavy atom. The van der Waals surface area contributed by atoms with Gasteiger partial charge in [0.25, 0.3) is 0 Å². The minimum Gasteiger partial charge on any atom is -0.454 e. The highest BCUT2D eigenvalue weighted by Gasteiger charge is 2.12. The van der Waals surface area contributed by atoms with Gasteiger partial charge < -0.3 is 9.15 Å². The van der Waals surface area contributed by atoms with Crippen LogP contribution in [-0.4, -0.2) is 23.3 Å². The van der Waals surface area contributed by atoms with Crippen LogP contribution in [0.25, 0.3) is 6.08 Å². The number of esters is 1. The Morgan fingerprint density at radius 3 is 2.58 bits per heavy atom. The topological polar surface area (TPSA) is 99.7 Å². The number of Topliss-reactive ketones (excluding diaryl/α,β-unsaturated/α-hetero) is 1. The van der Waals surface area contributed by atoms with Crippen LogP contribution in [0.3, 0.4) is 0 Å². The second-order valence-electron chi connectivity index (χ2n) is 4.43. The summed E-state index contributed by atoms with van der Waals surface area (Å²) in [6.07, 6.45) is 2.18. The predicted molar refractivity (Wildman–Crippen MR) is 86.1 cm³/mol. The Morgan fingerprint density at radius 1 is 1.21 bits per heavy atom. The van der Waals surface area contributed by atoms with Gasteiger partial charge in [-0.1, -0.05) is 23.2 Å². The molecule has 0 fully saturated rings. The van der Waals surface area contributed by atoms with Crippen LogP contribution >= 0.6 is 23.2 Å². The van der Waals surface area contributed by atoms with Gasteiger partial charge in [0.2, 0.25) is 0 Å². The van der Waals surface area contributed by atoms with Gasteiger partial charge in [-0.05, 0) is 30.3 Å². The summed E-state index contributed by atoms with van der Waals surface area (Å²) in [6, 6.07) is 6.77. The highest BCUT2D eigenvalue weighted by Crippen LogP contribution is 2.22. The lowest BCUT2D eigenvalue weighted by Gasteiger charge is -2.03. The zero-order chi connectivity index (χ0) is 17.7. The molecule has 0 amide bonds. The molecule has 0 bridgehead atoms. The molecule has 2 aromatic rings. The fourth-order valence-electron chi connectivity index (χ4n) is 1.62. The van der Waals surface area contributed by atoms with Gasteiger partial charge in [-0.25, -0.2) is 4.79 Å². The third-order valence-corrected chi connectivity index (χ3v) is 3.50. The van der Waals surface area contributed by atoms with Crippen LogP contribution in [-0.2, 0) is 9.53 Å². The normalized spacial score (nSPS) is 10.8. The lowest BCUT2D eigenvalue weighted by Crippen LogP contribution is -2.12. The molecule has 1 aromatic heterocycles. The molecule has 0 unspecified atom stereocenters. The number of benzene rings is 1. The molecule has 0 aliphatic carbocycles. The molecule has 2 rings (SSSR count). The summed E-state index contributed by atoms with van der Waals surface area (Å²) in [7, 11) is 0. The van der Waals surface area contributed by atoms with E-state index in [0.717, 1.165) is 12.1 Å². The van der Waals surface area contributed by atoms with Gasteiger partial charge in [0.15, 0.2) is 12.4 Å². The molecule has 7 nitrogen and oxygen atoms in total. The van der Waals surface area contributed by atoms with E-state index in [1.165, 1.54) is 30.3 Å². The summed E-state index contributed by atoms with van der Waals surface area (Å²) >= 11 is 11.5. The van der Waals surface area contributed by atoms with Gasteiger partial charge in [-0.3, -0.25) is 14.9 Å². The number of hydrogen-bond donors (Lipinski definition) is 0. The Kier molecular flexibility index (Phi) is 5.73. The van der Waals surface area contributed by atoms with E-state index in [4.69, 9.17) is 32.4 Å². The number of halogens is 2. The molecule has 0 aliphatic heterocycles. The second-order valence-corrected chi connectivity index (χ2v) is 5.24. The molecule has 9 heteroatoms. The number of furan rings is 1. The zero-order valence-corrected chi connectivity index (χ0v) is 13.4.